The predicted octanol–water partition coefficient (Wildman–Crippen LogP) is 4.05. The maximum atomic E-state index is 12.3. The first-order valence-electron chi connectivity index (χ1n) is 8.20. The van der Waals surface area contributed by atoms with Gasteiger partial charge < -0.3 is 9.47 Å². The Kier molecular flexibility index (Phi) is 6.36. The van der Waals surface area contributed by atoms with Crippen LogP contribution >= 0.6 is 11.3 Å². The topological polar surface area (TPSA) is 65.5 Å². The Morgan fingerprint density at radius 3 is 2.78 bits per heavy atom. The second kappa shape index (κ2) is 8.92. The van der Waals surface area contributed by atoms with Gasteiger partial charge in [0, 0.05) is 28.2 Å². The number of benzene rings is 2. The van der Waals surface area contributed by atoms with Crippen molar-refractivity contribution >= 4 is 28.1 Å². The Balaban J connectivity index is 1.66. The summed E-state index contributed by atoms with van der Waals surface area (Å²) in [5.41, 5.74) is 2.87. The number of rotatable bonds is 7. The van der Waals surface area contributed by atoms with Crippen molar-refractivity contribution in [3.63, 3.8) is 0 Å². The minimum Gasteiger partial charge on any atom is -0.496 e. The number of para-hydroxylation sites is 1. The minimum absolute atomic E-state index is 0.0917. The van der Waals surface area contributed by atoms with E-state index in [0.29, 0.717) is 17.0 Å². The lowest BCUT2D eigenvalue weighted by Gasteiger charge is -2.06. The smallest absolute Gasteiger partial charge is 0.338 e. The van der Waals surface area contributed by atoms with Crippen LogP contribution in [-0.4, -0.2) is 28.5 Å². The number of methoxy groups -OCH3 is 1. The zero-order valence-corrected chi connectivity index (χ0v) is 16.6. The molecule has 0 aliphatic rings. The van der Waals surface area contributed by atoms with Gasteiger partial charge in [-0.1, -0.05) is 24.3 Å². The predicted molar refractivity (Wildman–Crippen MR) is 107 cm³/mol. The molecule has 0 saturated carbocycles. The first kappa shape index (κ1) is 19.3. The van der Waals surface area contributed by atoms with Crippen LogP contribution < -0.4 is 4.74 Å². The summed E-state index contributed by atoms with van der Waals surface area (Å²) in [5.74, 6) is 0.737. The fraction of sp³-hybridized carbons (Fsp3) is 0.200. The van der Waals surface area contributed by atoms with Crippen molar-refractivity contribution in [2.45, 2.75) is 12.4 Å². The van der Waals surface area contributed by atoms with E-state index in [2.05, 4.69) is 4.98 Å². The molecule has 1 unspecified atom stereocenters. The second-order valence-corrected chi connectivity index (χ2v) is 8.13. The third-order valence-electron chi connectivity index (χ3n) is 3.77. The maximum absolute atomic E-state index is 12.3. The van der Waals surface area contributed by atoms with E-state index in [1.807, 2.05) is 35.7 Å². The van der Waals surface area contributed by atoms with Gasteiger partial charge in [0.25, 0.3) is 0 Å². The maximum Gasteiger partial charge on any atom is 0.338 e. The van der Waals surface area contributed by atoms with Crippen molar-refractivity contribution in [3.8, 4) is 16.3 Å². The molecule has 140 valence electrons. The Bertz CT molecular complexity index is 968. The number of carbonyl (C=O) groups is 1. The summed E-state index contributed by atoms with van der Waals surface area (Å²) in [6, 6.07) is 14.7. The number of hydrogen-bond donors (Lipinski definition) is 0. The number of aromatic nitrogens is 1. The Hall–Kier alpha value is -2.51. The zero-order valence-electron chi connectivity index (χ0n) is 15.0. The van der Waals surface area contributed by atoms with Crippen LogP contribution in [0.15, 0.2) is 53.9 Å². The van der Waals surface area contributed by atoms with Crippen LogP contribution in [0.4, 0.5) is 0 Å². The molecule has 0 aliphatic carbocycles. The molecule has 0 bridgehead atoms. The fourth-order valence-corrected chi connectivity index (χ4v) is 4.05. The van der Waals surface area contributed by atoms with E-state index < -0.39 is 16.8 Å². The molecule has 3 aromatic rings. The van der Waals surface area contributed by atoms with E-state index in [1.54, 1.807) is 31.6 Å². The summed E-state index contributed by atoms with van der Waals surface area (Å²) in [5, 5.41) is 2.68. The highest BCUT2D eigenvalue weighted by molar-refractivity contribution is 7.83. The van der Waals surface area contributed by atoms with Gasteiger partial charge in [-0.2, -0.15) is 0 Å². The van der Waals surface area contributed by atoms with Gasteiger partial charge in [-0.25, -0.2) is 9.78 Å². The molecular formula is C20H19NO4S2. The molecule has 0 N–H and O–H groups in total. The quantitative estimate of drug-likeness (QED) is 0.559. The zero-order chi connectivity index (χ0) is 19.2. The van der Waals surface area contributed by atoms with Crippen LogP contribution in [0.25, 0.3) is 10.6 Å². The molecule has 0 saturated heterocycles. The summed E-state index contributed by atoms with van der Waals surface area (Å²) in [7, 11) is 0.662. The van der Waals surface area contributed by atoms with Crippen molar-refractivity contribution in [2.24, 2.45) is 0 Å². The molecule has 0 fully saturated rings. The van der Waals surface area contributed by atoms with Gasteiger partial charge in [0.05, 0.1) is 23.9 Å². The Labute approximate surface area is 164 Å². The second-order valence-electron chi connectivity index (χ2n) is 5.84. The molecular weight excluding hydrogens is 382 g/mol. The van der Waals surface area contributed by atoms with Crippen LogP contribution in [0.1, 0.15) is 21.6 Å². The van der Waals surface area contributed by atoms with Gasteiger partial charge in [-0.3, -0.25) is 4.21 Å². The van der Waals surface area contributed by atoms with Gasteiger partial charge in [-0.05, 0) is 29.8 Å². The van der Waals surface area contributed by atoms with Gasteiger partial charge in [0.2, 0.25) is 0 Å². The van der Waals surface area contributed by atoms with Crippen molar-refractivity contribution in [1.29, 1.82) is 0 Å². The van der Waals surface area contributed by atoms with Gasteiger partial charge >= 0.3 is 5.97 Å². The van der Waals surface area contributed by atoms with E-state index in [0.717, 1.165) is 21.9 Å². The molecule has 2 aromatic carbocycles. The summed E-state index contributed by atoms with van der Waals surface area (Å²) >= 11 is 1.47. The van der Waals surface area contributed by atoms with E-state index in [9.17, 15) is 9.00 Å². The lowest BCUT2D eigenvalue weighted by Crippen LogP contribution is -2.06. The first-order valence-corrected chi connectivity index (χ1v) is 10.8. The summed E-state index contributed by atoms with van der Waals surface area (Å²) in [6.07, 6.45) is 1.63. The Morgan fingerprint density at radius 1 is 1.19 bits per heavy atom. The highest BCUT2D eigenvalue weighted by Crippen LogP contribution is 2.32. The average molecular weight is 402 g/mol. The van der Waals surface area contributed by atoms with Crippen LogP contribution in [0, 0.1) is 0 Å². The Morgan fingerprint density at radius 2 is 2.00 bits per heavy atom. The molecule has 0 spiro atoms. The third-order valence-corrected chi connectivity index (χ3v) is 5.44. The molecule has 7 heteroatoms. The van der Waals surface area contributed by atoms with Crippen LogP contribution in [0.3, 0.4) is 0 Å². The number of carbonyl (C=O) groups excluding carboxylic acids is 1. The van der Waals surface area contributed by atoms with Gasteiger partial charge in [0.1, 0.15) is 17.4 Å². The molecule has 5 nitrogen and oxygen atoms in total. The molecule has 0 radical (unpaired) electrons. The third kappa shape index (κ3) is 5.02. The lowest BCUT2D eigenvalue weighted by atomic mass is 10.1. The largest absolute Gasteiger partial charge is 0.496 e. The number of thiazole rings is 1. The van der Waals surface area contributed by atoms with Crippen LogP contribution in [-0.2, 0) is 27.9 Å². The van der Waals surface area contributed by atoms with Crippen molar-refractivity contribution in [2.75, 3.05) is 13.4 Å². The van der Waals surface area contributed by atoms with Crippen molar-refractivity contribution in [3.05, 3.63) is 70.7 Å². The summed E-state index contributed by atoms with van der Waals surface area (Å²) in [6.45, 7) is 0.0917. The normalized spacial score (nSPS) is 11.8. The number of esters is 1. The first-order chi connectivity index (χ1) is 13.1. The molecule has 1 heterocycles. The van der Waals surface area contributed by atoms with E-state index in [1.165, 1.54) is 11.3 Å². The molecule has 1 atom stereocenters. The van der Waals surface area contributed by atoms with Crippen molar-refractivity contribution < 1.29 is 18.5 Å². The van der Waals surface area contributed by atoms with Crippen LogP contribution in [0.5, 0.6) is 5.75 Å². The summed E-state index contributed by atoms with van der Waals surface area (Å²) in [4.78, 5) is 16.8. The average Bonchev–Trinajstić information content (AvgIpc) is 3.14. The van der Waals surface area contributed by atoms with E-state index in [-0.39, 0.29) is 6.61 Å². The standard InChI is InChI=1S/C20H19NO4S2/c1-24-18-9-4-3-8-17(18)19-21-16(12-26-19)11-25-20(22)15-7-5-6-14(10-15)13-27(2)23/h3-10,12H,11,13H2,1-2H3. The molecule has 27 heavy (non-hydrogen) atoms. The summed E-state index contributed by atoms with van der Waals surface area (Å²) < 4.78 is 22.1. The molecule has 0 amide bonds. The fourth-order valence-electron chi connectivity index (χ4n) is 2.56. The molecule has 0 aliphatic heterocycles. The lowest BCUT2D eigenvalue weighted by molar-refractivity contribution is 0.0468. The van der Waals surface area contributed by atoms with Crippen LogP contribution in [0.2, 0.25) is 0 Å². The highest BCUT2D eigenvalue weighted by atomic mass is 32.2. The van der Waals surface area contributed by atoms with Gasteiger partial charge in [0.15, 0.2) is 0 Å². The minimum atomic E-state index is -0.961. The van der Waals surface area contributed by atoms with Gasteiger partial charge in [-0.15, -0.1) is 11.3 Å². The van der Waals surface area contributed by atoms with Crippen molar-refractivity contribution in [1.82, 2.24) is 4.98 Å². The number of nitrogens with zero attached hydrogens (tertiary/aromatic N) is 1. The van der Waals surface area contributed by atoms with E-state index in [4.69, 9.17) is 9.47 Å². The number of ether oxygens (including phenoxy) is 2. The monoisotopic (exact) mass is 401 g/mol. The number of hydrogen-bond acceptors (Lipinski definition) is 6. The SMILES string of the molecule is COc1ccccc1-c1nc(COC(=O)c2cccc(CS(C)=O)c2)cs1. The highest BCUT2D eigenvalue weighted by Gasteiger charge is 2.12. The molecule has 3 rings (SSSR count). The van der Waals surface area contributed by atoms with E-state index >= 15 is 0 Å². The molecule has 1 aromatic heterocycles.